The van der Waals surface area contributed by atoms with E-state index in [9.17, 15) is 9.59 Å². The summed E-state index contributed by atoms with van der Waals surface area (Å²) < 4.78 is 2.07. The van der Waals surface area contributed by atoms with E-state index in [0.29, 0.717) is 24.4 Å². The molecule has 2 aliphatic heterocycles. The molecule has 0 bridgehead atoms. The van der Waals surface area contributed by atoms with Crippen LogP contribution < -0.4 is 4.90 Å². The number of hydrogen-bond donors (Lipinski definition) is 0. The number of benzene rings is 2. The molecule has 3 heterocycles. The molecule has 2 aromatic carbocycles. The van der Waals surface area contributed by atoms with Crippen LogP contribution in [0.2, 0.25) is 0 Å². The predicted molar refractivity (Wildman–Crippen MR) is 146 cm³/mol. The van der Waals surface area contributed by atoms with E-state index in [1.165, 1.54) is 17.4 Å². The molecule has 1 unspecified atom stereocenters. The van der Waals surface area contributed by atoms with E-state index in [4.69, 9.17) is 0 Å². The molecule has 2 amide bonds. The second-order valence-corrected chi connectivity index (χ2v) is 10.5. The molecular weight excluding hydrogens is 484 g/mol. The number of anilines is 1. The zero-order chi connectivity index (χ0) is 25.8. The number of hydrogen-bond acceptors (Lipinski definition) is 6. The van der Waals surface area contributed by atoms with Gasteiger partial charge in [0.2, 0.25) is 5.91 Å². The Morgan fingerprint density at radius 3 is 2.38 bits per heavy atom. The molecule has 0 spiro atoms. The molecule has 1 aromatic heterocycles. The highest BCUT2D eigenvalue weighted by Gasteiger charge is 2.34. The monoisotopic (exact) mass is 518 g/mol. The van der Waals surface area contributed by atoms with Crippen LogP contribution in [0.5, 0.6) is 0 Å². The SMILES string of the molecule is CCn1c(SCC(=O)N2CCN(c3ccccc3)CC2)nnc1C1CCCN1C(=O)c1ccc(C)cc1. The Balaban J connectivity index is 1.21. The topological polar surface area (TPSA) is 74.6 Å². The summed E-state index contributed by atoms with van der Waals surface area (Å²) in [4.78, 5) is 32.4. The lowest BCUT2D eigenvalue weighted by Crippen LogP contribution is -2.49. The van der Waals surface area contributed by atoms with Crippen LogP contribution in [-0.2, 0) is 11.3 Å². The van der Waals surface area contributed by atoms with Gasteiger partial charge in [0.15, 0.2) is 11.0 Å². The van der Waals surface area contributed by atoms with Gasteiger partial charge in [-0.1, -0.05) is 47.7 Å². The third kappa shape index (κ3) is 5.51. The van der Waals surface area contributed by atoms with Crippen LogP contribution in [0.3, 0.4) is 0 Å². The summed E-state index contributed by atoms with van der Waals surface area (Å²) in [5, 5.41) is 9.69. The maximum Gasteiger partial charge on any atom is 0.254 e. The van der Waals surface area contributed by atoms with Crippen molar-refractivity contribution in [2.75, 3.05) is 43.4 Å². The molecular formula is C28H34N6O2S. The fraction of sp³-hybridized carbons (Fsp3) is 0.429. The first kappa shape index (κ1) is 25.3. The Morgan fingerprint density at radius 1 is 0.946 bits per heavy atom. The van der Waals surface area contributed by atoms with Crippen LogP contribution in [0.4, 0.5) is 5.69 Å². The van der Waals surface area contributed by atoms with Crippen molar-refractivity contribution < 1.29 is 9.59 Å². The maximum atomic E-state index is 13.3. The van der Waals surface area contributed by atoms with Gasteiger partial charge in [-0.25, -0.2) is 0 Å². The zero-order valence-corrected chi connectivity index (χ0v) is 22.4. The molecule has 3 aromatic rings. The number of aromatic nitrogens is 3. The zero-order valence-electron chi connectivity index (χ0n) is 21.5. The molecule has 0 N–H and O–H groups in total. The van der Waals surface area contributed by atoms with Crippen LogP contribution in [-0.4, -0.2) is 74.9 Å². The van der Waals surface area contributed by atoms with Crippen LogP contribution >= 0.6 is 11.8 Å². The lowest BCUT2D eigenvalue weighted by molar-refractivity contribution is -0.128. The molecule has 0 aliphatic carbocycles. The van der Waals surface area contributed by atoms with Crippen molar-refractivity contribution in [3.63, 3.8) is 0 Å². The Labute approximate surface area is 222 Å². The van der Waals surface area contributed by atoms with Gasteiger partial charge >= 0.3 is 0 Å². The smallest absolute Gasteiger partial charge is 0.254 e. The highest BCUT2D eigenvalue weighted by Crippen LogP contribution is 2.34. The van der Waals surface area contributed by atoms with Crippen LogP contribution in [0.25, 0.3) is 0 Å². The number of aryl methyl sites for hydroxylation is 1. The molecule has 2 aliphatic rings. The van der Waals surface area contributed by atoms with E-state index >= 15 is 0 Å². The molecule has 0 saturated carbocycles. The summed E-state index contributed by atoms with van der Waals surface area (Å²) in [6.45, 7) is 8.59. The van der Waals surface area contributed by atoms with Gasteiger partial charge in [-0.05, 0) is 51.0 Å². The molecule has 0 radical (unpaired) electrons. The van der Waals surface area contributed by atoms with E-state index in [0.717, 1.165) is 55.6 Å². The second-order valence-electron chi connectivity index (χ2n) is 9.60. The summed E-state index contributed by atoms with van der Waals surface area (Å²) in [5.74, 6) is 1.31. The van der Waals surface area contributed by atoms with Crippen LogP contribution in [0.1, 0.15) is 47.6 Å². The second kappa shape index (κ2) is 11.4. The molecule has 194 valence electrons. The highest BCUT2D eigenvalue weighted by atomic mass is 32.2. The Morgan fingerprint density at radius 2 is 1.68 bits per heavy atom. The van der Waals surface area contributed by atoms with Gasteiger partial charge in [-0.2, -0.15) is 0 Å². The molecule has 1 atom stereocenters. The average molecular weight is 519 g/mol. The van der Waals surface area contributed by atoms with E-state index in [-0.39, 0.29) is 17.9 Å². The number of likely N-dealkylation sites (tertiary alicyclic amines) is 1. The first-order chi connectivity index (χ1) is 18.0. The van der Waals surface area contributed by atoms with Crippen molar-refractivity contribution in [2.24, 2.45) is 0 Å². The minimum atomic E-state index is -0.0997. The highest BCUT2D eigenvalue weighted by molar-refractivity contribution is 7.99. The molecule has 37 heavy (non-hydrogen) atoms. The first-order valence-electron chi connectivity index (χ1n) is 13.1. The van der Waals surface area contributed by atoms with Gasteiger partial charge in [-0.3, -0.25) is 9.59 Å². The number of piperazine rings is 1. The summed E-state index contributed by atoms with van der Waals surface area (Å²) >= 11 is 1.44. The largest absolute Gasteiger partial charge is 0.368 e. The number of rotatable bonds is 7. The van der Waals surface area contributed by atoms with Crippen molar-refractivity contribution in [2.45, 2.75) is 44.4 Å². The maximum absolute atomic E-state index is 13.3. The van der Waals surface area contributed by atoms with Gasteiger partial charge in [0.25, 0.3) is 5.91 Å². The van der Waals surface area contributed by atoms with E-state index in [1.807, 2.05) is 59.2 Å². The summed E-state index contributed by atoms with van der Waals surface area (Å²) in [6, 6.07) is 18.0. The number of para-hydroxylation sites is 1. The lowest BCUT2D eigenvalue weighted by atomic mass is 10.1. The third-order valence-electron chi connectivity index (χ3n) is 7.25. The average Bonchev–Trinajstić information content (AvgIpc) is 3.59. The van der Waals surface area contributed by atoms with Gasteiger partial charge < -0.3 is 19.3 Å². The number of amides is 2. The number of carbonyl (C=O) groups is 2. The Kier molecular flexibility index (Phi) is 7.79. The molecule has 9 heteroatoms. The Bertz CT molecular complexity index is 1220. The van der Waals surface area contributed by atoms with Crippen molar-refractivity contribution in [3.8, 4) is 0 Å². The fourth-order valence-electron chi connectivity index (χ4n) is 5.16. The third-order valence-corrected chi connectivity index (χ3v) is 8.20. The molecule has 2 saturated heterocycles. The molecule has 8 nitrogen and oxygen atoms in total. The summed E-state index contributed by atoms with van der Waals surface area (Å²) in [6.07, 6.45) is 1.81. The van der Waals surface area contributed by atoms with E-state index in [1.54, 1.807) is 0 Å². The summed E-state index contributed by atoms with van der Waals surface area (Å²) in [7, 11) is 0. The van der Waals surface area contributed by atoms with Crippen molar-refractivity contribution in [3.05, 3.63) is 71.5 Å². The van der Waals surface area contributed by atoms with Crippen molar-refractivity contribution in [1.82, 2.24) is 24.6 Å². The van der Waals surface area contributed by atoms with Crippen molar-refractivity contribution >= 4 is 29.3 Å². The van der Waals surface area contributed by atoms with Gasteiger partial charge in [0, 0.05) is 50.5 Å². The number of nitrogens with zero attached hydrogens (tertiary/aromatic N) is 6. The van der Waals surface area contributed by atoms with Crippen molar-refractivity contribution in [1.29, 1.82) is 0 Å². The summed E-state index contributed by atoms with van der Waals surface area (Å²) in [5.41, 5.74) is 3.04. The fourth-order valence-corrected chi connectivity index (χ4v) is 6.07. The normalized spacial score (nSPS) is 17.9. The van der Waals surface area contributed by atoms with Gasteiger partial charge in [0.05, 0.1) is 11.8 Å². The quantitative estimate of drug-likeness (QED) is 0.440. The molecule has 2 fully saturated rings. The molecule has 5 rings (SSSR count). The Hall–Kier alpha value is -3.33. The predicted octanol–water partition coefficient (Wildman–Crippen LogP) is 4.02. The van der Waals surface area contributed by atoms with E-state index < -0.39 is 0 Å². The minimum absolute atomic E-state index is 0.0344. The lowest BCUT2D eigenvalue weighted by Gasteiger charge is -2.36. The standard InChI is InChI=1S/C28H34N6O2S/c1-3-33-26(24-10-7-15-34(24)27(36)22-13-11-21(2)12-14-22)29-30-28(33)37-20-25(35)32-18-16-31(17-19-32)23-8-5-4-6-9-23/h4-6,8-9,11-14,24H,3,7,10,15-20H2,1-2H3. The number of thioether (sulfide) groups is 1. The van der Waals surface area contributed by atoms with Crippen LogP contribution in [0, 0.1) is 6.92 Å². The van der Waals surface area contributed by atoms with Gasteiger partial charge in [0.1, 0.15) is 0 Å². The number of carbonyl (C=O) groups excluding carboxylic acids is 2. The minimum Gasteiger partial charge on any atom is -0.368 e. The first-order valence-corrected chi connectivity index (χ1v) is 14.0. The van der Waals surface area contributed by atoms with Gasteiger partial charge in [-0.15, -0.1) is 10.2 Å². The van der Waals surface area contributed by atoms with E-state index in [2.05, 4.69) is 38.7 Å². The van der Waals surface area contributed by atoms with Crippen LogP contribution in [0.15, 0.2) is 59.8 Å².